The number of hydrogen-bond donors (Lipinski definition) is 1. The number of aryl methyl sites for hydroxylation is 1. The van der Waals surface area contributed by atoms with E-state index in [0.29, 0.717) is 17.9 Å². The van der Waals surface area contributed by atoms with E-state index in [0.717, 1.165) is 36.1 Å². The lowest BCUT2D eigenvalue weighted by atomic mass is 10.0. The Kier molecular flexibility index (Phi) is 4.67. The van der Waals surface area contributed by atoms with Crippen molar-refractivity contribution in [3.05, 3.63) is 76.5 Å². The smallest absolute Gasteiger partial charge is 0.264 e. The molecule has 154 valence electrons. The van der Waals surface area contributed by atoms with Crippen molar-refractivity contribution in [1.82, 2.24) is 0 Å². The molecule has 1 fully saturated rings. The minimum Gasteiger partial charge on any atom is -0.325 e. The van der Waals surface area contributed by atoms with Crippen LogP contribution in [0.25, 0.3) is 0 Å². The Bertz CT molecular complexity index is 1180. The fraction of sp³-hybridized carbons (Fsp3) is 0.261. The van der Waals surface area contributed by atoms with Gasteiger partial charge in [-0.1, -0.05) is 30.3 Å². The molecular formula is C23H22N2O3S2. The van der Waals surface area contributed by atoms with Crippen LogP contribution >= 0.6 is 11.3 Å². The highest BCUT2D eigenvalue weighted by molar-refractivity contribution is 7.92. The number of sulfonamides is 1. The first-order chi connectivity index (χ1) is 14.5. The van der Waals surface area contributed by atoms with Crippen molar-refractivity contribution < 1.29 is 13.2 Å². The zero-order valence-electron chi connectivity index (χ0n) is 16.4. The number of benzene rings is 2. The molecule has 2 aromatic carbocycles. The third-order valence-corrected chi connectivity index (χ3v) is 8.83. The molecule has 30 heavy (non-hydrogen) atoms. The fourth-order valence-electron chi connectivity index (χ4n) is 4.10. The SMILES string of the molecule is O=C(Nc1ccc2c(c1)N(S(=O)(=O)c1ccccc1)CCC2)C1(c2cccs2)CC1. The average Bonchev–Trinajstić information content (AvgIpc) is 3.40. The van der Waals surface area contributed by atoms with Crippen LogP contribution in [0.4, 0.5) is 11.4 Å². The summed E-state index contributed by atoms with van der Waals surface area (Å²) in [5.41, 5.74) is 1.85. The molecule has 1 aliphatic heterocycles. The summed E-state index contributed by atoms with van der Waals surface area (Å²) in [5.74, 6) is -0.0156. The maximum absolute atomic E-state index is 13.2. The molecule has 0 radical (unpaired) electrons. The Morgan fingerprint density at radius 2 is 1.83 bits per heavy atom. The van der Waals surface area contributed by atoms with Gasteiger partial charge >= 0.3 is 0 Å². The molecule has 1 amide bonds. The molecule has 0 atom stereocenters. The predicted molar refractivity (Wildman–Crippen MR) is 120 cm³/mol. The first-order valence-electron chi connectivity index (χ1n) is 10.1. The first-order valence-corrected chi connectivity index (χ1v) is 12.4. The summed E-state index contributed by atoms with van der Waals surface area (Å²) < 4.78 is 28.0. The van der Waals surface area contributed by atoms with Crippen LogP contribution in [0.2, 0.25) is 0 Å². The maximum atomic E-state index is 13.2. The Labute approximate surface area is 180 Å². The minimum absolute atomic E-state index is 0.0156. The molecule has 0 saturated heterocycles. The monoisotopic (exact) mass is 438 g/mol. The molecule has 7 heteroatoms. The molecule has 3 aromatic rings. The lowest BCUT2D eigenvalue weighted by Gasteiger charge is -2.31. The molecule has 1 saturated carbocycles. The Morgan fingerprint density at radius 1 is 1.03 bits per heavy atom. The highest BCUT2D eigenvalue weighted by Crippen LogP contribution is 2.50. The molecule has 2 heterocycles. The summed E-state index contributed by atoms with van der Waals surface area (Å²) >= 11 is 1.61. The number of anilines is 2. The van der Waals surface area contributed by atoms with E-state index in [9.17, 15) is 13.2 Å². The van der Waals surface area contributed by atoms with E-state index < -0.39 is 15.4 Å². The van der Waals surface area contributed by atoms with Crippen molar-refractivity contribution in [3.8, 4) is 0 Å². The molecule has 0 spiro atoms. The molecule has 0 bridgehead atoms. The third-order valence-electron chi connectivity index (χ3n) is 5.93. The lowest BCUT2D eigenvalue weighted by Crippen LogP contribution is -2.35. The van der Waals surface area contributed by atoms with E-state index in [1.54, 1.807) is 47.7 Å². The first kappa shape index (κ1) is 19.3. The summed E-state index contributed by atoms with van der Waals surface area (Å²) in [6, 6.07) is 18.1. The average molecular weight is 439 g/mol. The van der Waals surface area contributed by atoms with Gasteiger partial charge in [0.2, 0.25) is 5.91 Å². The number of fused-ring (bicyclic) bond motifs is 1. The van der Waals surface area contributed by atoms with Crippen LogP contribution in [0, 0.1) is 0 Å². The van der Waals surface area contributed by atoms with Gasteiger partial charge in [-0.15, -0.1) is 11.3 Å². The number of carbonyl (C=O) groups excluding carboxylic acids is 1. The second kappa shape index (κ2) is 7.25. The molecule has 1 N–H and O–H groups in total. The predicted octanol–water partition coefficient (Wildman–Crippen LogP) is 4.56. The van der Waals surface area contributed by atoms with Crippen molar-refractivity contribution in [2.75, 3.05) is 16.2 Å². The fourth-order valence-corrected chi connectivity index (χ4v) is 6.64. The number of nitrogens with zero attached hydrogens (tertiary/aromatic N) is 1. The van der Waals surface area contributed by atoms with Gasteiger partial charge in [0.05, 0.1) is 16.0 Å². The second-order valence-corrected chi connectivity index (χ2v) is 10.7. The van der Waals surface area contributed by atoms with Gasteiger partial charge in [-0.3, -0.25) is 9.10 Å². The zero-order chi connectivity index (χ0) is 20.8. The summed E-state index contributed by atoms with van der Waals surface area (Å²) in [6.45, 7) is 0.431. The molecule has 5 nitrogen and oxygen atoms in total. The highest BCUT2D eigenvalue weighted by atomic mass is 32.2. The van der Waals surface area contributed by atoms with Crippen LogP contribution in [0.1, 0.15) is 29.7 Å². The number of nitrogens with one attached hydrogen (secondary N) is 1. The highest BCUT2D eigenvalue weighted by Gasteiger charge is 2.52. The standard InChI is InChI=1S/C23H22N2O3S2/c26-22(23(12-13-23)21-9-5-15-29-21)24-18-11-10-17-6-4-14-25(20(17)16-18)30(27,28)19-7-2-1-3-8-19/h1-3,5,7-11,15-16H,4,6,12-14H2,(H,24,26). The quantitative estimate of drug-likeness (QED) is 0.635. The topological polar surface area (TPSA) is 66.5 Å². The maximum Gasteiger partial charge on any atom is 0.264 e. The van der Waals surface area contributed by atoms with Crippen LogP contribution < -0.4 is 9.62 Å². The summed E-state index contributed by atoms with van der Waals surface area (Å²) in [4.78, 5) is 14.4. The summed E-state index contributed by atoms with van der Waals surface area (Å²) in [7, 11) is -3.65. The van der Waals surface area contributed by atoms with Gasteiger partial charge in [0.15, 0.2) is 0 Å². The van der Waals surface area contributed by atoms with Gasteiger partial charge in [0.25, 0.3) is 10.0 Å². The molecular weight excluding hydrogens is 416 g/mol. The number of rotatable bonds is 5. The largest absolute Gasteiger partial charge is 0.325 e. The van der Waals surface area contributed by atoms with Crippen LogP contribution in [0.3, 0.4) is 0 Å². The summed E-state index contributed by atoms with van der Waals surface area (Å²) in [5, 5.41) is 5.04. The second-order valence-electron chi connectivity index (χ2n) is 7.85. The Balaban J connectivity index is 1.46. The van der Waals surface area contributed by atoms with Crippen molar-refractivity contribution in [2.45, 2.75) is 36.0 Å². The molecule has 1 aromatic heterocycles. The molecule has 5 rings (SSSR count). The number of thiophene rings is 1. The van der Waals surface area contributed by atoms with Crippen molar-refractivity contribution >= 4 is 38.6 Å². The van der Waals surface area contributed by atoms with Gasteiger partial charge < -0.3 is 5.32 Å². The molecule has 2 aliphatic rings. The van der Waals surface area contributed by atoms with Crippen molar-refractivity contribution in [1.29, 1.82) is 0 Å². The zero-order valence-corrected chi connectivity index (χ0v) is 18.0. The van der Waals surface area contributed by atoms with E-state index in [1.807, 2.05) is 29.6 Å². The van der Waals surface area contributed by atoms with Gasteiger partial charge in [-0.25, -0.2) is 8.42 Å². The molecule has 0 unspecified atom stereocenters. The van der Waals surface area contributed by atoms with Gasteiger partial charge in [0.1, 0.15) is 0 Å². The molecule has 1 aliphatic carbocycles. The van der Waals surface area contributed by atoms with E-state index in [-0.39, 0.29) is 10.8 Å². The summed E-state index contributed by atoms with van der Waals surface area (Å²) in [6.07, 6.45) is 3.29. The van der Waals surface area contributed by atoms with Crippen molar-refractivity contribution in [2.24, 2.45) is 0 Å². The van der Waals surface area contributed by atoms with E-state index >= 15 is 0 Å². The van der Waals surface area contributed by atoms with Gasteiger partial charge in [-0.05, 0) is 67.0 Å². The van der Waals surface area contributed by atoms with E-state index in [4.69, 9.17) is 0 Å². The number of carbonyl (C=O) groups is 1. The Morgan fingerprint density at radius 3 is 2.53 bits per heavy atom. The lowest BCUT2D eigenvalue weighted by molar-refractivity contribution is -0.118. The van der Waals surface area contributed by atoms with Crippen LogP contribution in [-0.2, 0) is 26.7 Å². The normalized spacial score (nSPS) is 17.3. The Hall–Kier alpha value is -2.64. The van der Waals surface area contributed by atoms with Crippen LogP contribution in [-0.4, -0.2) is 20.9 Å². The van der Waals surface area contributed by atoms with Crippen LogP contribution in [0.15, 0.2) is 70.9 Å². The van der Waals surface area contributed by atoms with Crippen molar-refractivity contribution in [3.63, 3.8) is 0 Å². The van der Waals surface area contributed by atoms with Crippen LogP contribution in [0.5, 0.6) is 0 Å². The van der Waals surface area contributed by atoms with E-state index in [2.05, 4.69) is 5.32 Å². The van der Waals surface area contributed by atoms with Gasteiger partial charge in [-0.2, -0.15) is 0 Å². The number of hydrogen-bond acceptors (Lipinski definition) is 4. The third kappa shape index (κ3) is 3.22. The number of amides is 1. The minimum atomic E-state index is -3.65. The van der Waals surface area contributed by atoms with Gasteiger partial charge in [0, 0.05) is 17.1 Å². The van der Waals surface area contributed by atoms with E-state index in [1.165, 1.54) is 4.31 Å².